The minimum Gasteiger partial charge on any atom is -0.480 e. The van der Waals surface area contributed by atoms with E-state index in [4.69, 9.17) is 4.74 Å². The van der Waals surface area contributed by atoms with Crippen LogP contribution in [0.4, 0.5) is 0 Å². The molecule has 0 saturated carbocycles. The summed E-state index contributed by atoms with van der Waals surface area (Å²) in [7, 11) is 1.45. The molecule has 2 saturated heterocycles. The molecule has 0 spiro atoms. The first-order chi connectivity index (χ1) is 9.41. The van der Waals surface area contributed by atoms with Gasteiger partial charge in [-0.3, -0.25) is 9.59 Å². The lowest BCUT2D eigenvalue weighted by Crippen LogP contribution is -2.61. The number of carbonyl (C=O) groups excluding carboxylic acids is 2. The fraction of sp³-hybridized carbons (Fsp3) is 0.727. The van der Waals surface area contributed by atoms with E-state index in [1.807, 2.05) is 0 Å². The number of hydrogen-bond acceptors (Lipinski definition) is 6. The zero-order valence-electron chi connectivity index (χ0n) is 11.1. The Labute approximate surface area is 124 Å². The Kier molecular flexibility index (Phi) is 4.50. The van der Waals surface area contributed by atoms with Crippen LogP contribution in [0.5, 0.6) is 0 Å². The van der Waals surface area contributed by atoms with Crippen molar-refractivity contribution in [3.8, 4) is 0 Å². The van der Waals surface area contributed by atoms with Crippen LogP contribution in [0.3, 0.4) is 0 Å². The Morgan fingerprint density at radius 3 is 2.90 bits per heavy atom. The number of amides is 2. The Morgan fingerprint density at radius 2 is 2.35 bits per heavy atom. The monoisotopic (exact) mass is 320 g/mol. The Bertz CT molecular complexity index is 447. The highest BCUT2D eigenvalue weighted by Gasteiger charge is 2.62. The number of nitrogens with zero attached hydrogens (tertiary/aromatic N) is 1. The van der Waals surface area contributed by atoms with Crippen molar-refractivity contribution in [3.63, 3.8) is 0 Å². The van der Waals surface area contributed by atoms with Gasteiger partial charge in [0.25, 0.3) is 5.91 Å². The summed E-state index contributed by atoms with van der Waals surface area (Å²) < 4.78 is 3.99. The van der Waals surface area contributed by atoms with E-state index in [1.54, 1.807) is 4.90 Å². The number of rotatable bonds is 6. The van der Waals surface area contributed by atoms with Crippen molar-refractivity contribution >= 4 is 41.3 Å². The second-order valence-corrected chi connectivity index (χ2v) is 7.59. The Morgan fingerprint density at radius 1 is 1.65 bits per heavy atom. The first-order valence-electron chi connectivity index (χ1n) is 6.04. The standard InChI is InChI=1S/C11H16N2O5S2/c1-6(14)12-3-4-19-11(10(16)17)5-13-8(15)7(18-2)9(13)20-11/h7,9H,3-5H2,1-2H3,(H,12,14)(H,16,17)/t7?,9-,11?/m1/s1. The molecule has 0 aromatic heterocycles. The maximum atomic E-state index is 11.7. The molecular weight excluding hydrogens is 304 g/mol. The minimum atomic E-state index is -1.08. The highest BCUT2D eigenvalue weighted by atomic mass is 32.2. The van der Waals surface area contributed by atoms with Crippen LogP contribution in [-0.4, -0.2) is 69.3 Å². The summed E-state index contributed by atoms with van der Waals surface area (Å²) in [5.41, 5.74) is 0. The number of ether oxygens (including phenoxy) is 1. The van der Waals surface area contributed by atoms with Crippen LogP contribution >= 0.6 is 23.5 Å². The molecule has 112 valence electrons. The van der Waals surface area contributed by atoms with Gasteiger partial charge in [-0.2, -0.15) is 0 Å². The normalized spacial score (nSPS) is 31.7. The molecule has 0 aromatic carbocycles. The van der Waals surface area contributed by atoms with E-state index in [1.165, 1.54) is 37.6 Å². The van der Waals surface area contributed by atoms with Crippen molar-refractivity contribution in [3.05, 3.63) is 0 Å². The maximum Gasteiger partial charge on any atom is 0.332 e. The molecule has 2 aliphatic rings. The van der Waals surface area contributed by atoms with Gasteiger partial charge in [-0.05, 0) is 0 Å². The minimum absolute atomic E-state index is 0.146. The van der Waals surface area contributed by atoms with Gasteiger partial charge in [0.05, 0.1) is 6.54 Å². The second kappa shape index (κ2) is 5.82. The number of hydrogen-bond donors (Lipinski definition) is 2. The topological polar surface area (TPSA) is 95.9 Å². The molecule has 2 fully saturated rings. The van der Waals surface area contributed by atoms with Gasteiger partial charge in [-0.25, -0.2) is 4.79 Å². The van der Waals surface area contributed by atoms with Gasteiger partial charge < -0.3 is 20.1 Å². The Hall–Kier alpha value is -0.930. The second-order valence-electron chi connectivity index (χ2n) is 4.52. The fourth-order valence-corrected chi connectivity index (χ4v) is 5.23. The molecule has 3 atom stereocenters. The average Bonchev–Trinajstić information content (AvgIpc) is 2.72. The molecule has 20 heavy (non-hydrogen) atoms. The van der Waals surface area contributed by atoms with Crippen LogP contribution in [0.2, 0.25) is 0 Å². The molecule has 9 heteroatoms. The molecule has 0 aromatic rings. The van der Waals surface area contributed by atoms with Gasteiger partial charge in [0, 0.05) is 26.3 Å². The fourth-order valence-electron chi connectivity index (χ4n) is 2.16. The maximum absolute atomic E-state index is 11.7. The van der Waals surface area contributed by atoms with Gasteiger partial charge in [0.2, 0.25) is 5.91 Å². The van der Waals surface area contributed by atoms with E-state index in [0.717, 1.165) is 0 Å². The highest BCUT2D eigenvalue weighted by Crippen LogP contribution is 2.52. The summed E-state index contributed by atoms with van der Waals surface area (Å²) in [6.45, 7) is 1.98. The first kappa shape index (κ1) is 15.5. The molecule has 2 N–H and O–H groups in total. The van der Waals surface area contributed by atoms with Gasteiger partial charge in [0.15, 0.2) is 10.2 Å². The van der Waals surface area contributed by atoms with Crippen molar-refractivity contribution in [2.45, 2.75) is 22.5 Å². The van der Waals surface area contributed by atoms with Crippen molar-refractivity contribution in [2.24, 2.45) is 0 Å². The smallest absolute Gasteiger partial charge is 0.332 e. The van der Waals surface area contributed by atoms with Crippen LogP contribution in [0.15, 0.2) is 0 Å². The zero-order chi connectivity index (χ0) is 14.9. The van der Waals surface area contributed by atoms with E-state index in [-0.39, 0.29) is 23.7 Å². The number of carboxylic acids is 1. The summed E-state index contributed by atoms with van der Waals surface area (Å²) >= 11 is 2.48. The summed E-state index contributed by atoms with van der Waals surface area (Å²) in [6.07, 6.45) is -0.544. The number of carboxylic acid groups (broad SMARTS) is 1. The average molecular weight is 320 g/mol. The summed E-state index contributed by atoms with van der Waals surface area (Å²) in [4.78, 5) is 35.6. The molecule has 2 aliphatic heterocycles. The van der Waals surface area contributed by atoms with Crippen molar-refractivity contribution in [2.75, 3.05) is 26.0 Å². The largest absolute Gasteiger partial charge is 0.480 e. The summed E-state index contributed by atoms with van der Waals surface area (Å²) in [5, 5.41) is 11.9. The third-order valence-corrected chi connectivity index (χ3v) is 6.42. The Balaban J connectivity index is 1.97. The van der Waals surface area contributed by atoms with Crippen LogP contribution in [-0.2, 0) is 19.1 Å². The lowest BCUT2D eigenvalue weighted by atomic mass is 10.1. The first-order valence-corrected chi connectivity index (χ1v) is 7.90. The van der Waals surface area contributed by atoms with Crippen molar-refractivity contribution in [1.82, 2.24) is 10.2 Å². The number of thioether (sulfide) groups is 2. The third kappa shape index (κ3) is 2.61. The molecule has 2 unspecified atom stereocenters. The molecule has 2 amide bonds. The lowest BCUT2D eigenvalue weighted by molar-refractivity contribution is -0.161. The van der Waals surface area contributed by atoms with E-state index < -0.39 is 16.2 Å². The zero-order valence-corrected chi connectivity index (χ0v) is 12.8. The highest BCUT2D eigenvalue weighted by molar-refractivity contribution is 8.20. The van der Waals surface area contributed by atoms with Gasteiger partial charge in [-0.1, -0.05) is 0 Å². The number of nitrogens with one attached hydrogen (secondary N) is 1. The van der Waals surface area contributed by atoms with E-state index in [9.17, 15) is 19.5 Å². The molecule has 7 nitrogen and oxygen atoms in total. The van der Waals surface area contributed by atoms with Crippen LogP contribution in [0.25, 0.3) is 0 Å². The predicted octanol–water partition coefficient (Wildman–Crippen LogP) is -0.433. The predicted molar refractivity (Wildman–Crippen MR) is 75.4 cm³/mol. The number of carbonyl (C=O) groups is 3. The van der Waals surface area contributed by atoms with Crippen molar-refractivity contribution < 1.29 is 24.2 Å². The van der Waals surface area contributed by atoms with Crippen LogP contribution < -0.4 is 5.32 Å². The third-order valence-electron chi connectivity index (χ3n) is 3.17. The van der Waals surface area contributed by atoms with E-state index in [2.05, 4.69) is 5.32 Å². The SMILES string of the molecule is COC1C(=O)N2CC(SCCNC(C)=O)(C(=O)O)S[C@H]12. The molecule has 0 radical (unpaired) electrons. The molecular formula is C11H16N2O5S2. The van der Waals surface area contributed by atoms with Gasteiger partial charge in [0.1, 0.15) is 5.37 Å². The van der Waals surface area contributed by atoms with E-state index >= 15 is 0 Å². The number of aliphatic carboxylic acids is 1. The molecule has 0 bridgehead atoms. The lowest BCUT2D eigenvalue weighted by Gasteiger charge is -2.39. The summed E-state index contributed by atoms with van der Waals surface area (Å²) in [6, 6.07) is 0. The summed E-state index contributed by atoms with van der Waals surface area (Å²) in [5.74, 6) is -0.777. The van der Waals surface area contributed by atoms with Crippen LogP contribution in [0.1, 0.15) is 6.92 Å². The molecule has 2 heterocycles. The van der Waals surface area contributed by atoms with E-state index in [0.29, 0.717) is 12.3 Å². The van der Waals surface area contributed by atoms with Gasteiger partial charge >= 0.3 is 5.97 Å². The number of methoxy groups -OCH3 is 1. The quantitative estimate of drug-likeness (QED) is 0.506. The van der Waals surface area contributed by atoms with Gasteiger partial charge in [-0.15, -0.1) is 23.5 Å². The van der Waals surface area contributed by atoms with Crippen molar-refractivity contribution in [1.29, 1.82) is 0 Å². The molecule has 2 rings (SSSR count). The molecule has 0 aliphatic carbocycles. The number of β-lactam (4-membered cyclic amide) rings is 1. The van der Waals surface area contributed by atoms with Crippen LogP contribution in [0, 0.1) is 0 Å². The number of fused-ring (bicyclic) bond motifs is 1.